The second-order valence-corrected chi connectivity index (χ2v) is 9.36. The summed E-state index contributed by atoms with van der Waals surface area (Å²) >= 11 is 0. The molecule has 2 aliphatic rings. The molecule has 24 heavy (non-hydrogen) atoms. The Labute approximate surface area is 149 Å². The van der Waals surface area contributed by atoms with Gasteiger partial charge in [-0.2, -0.15) is 0 Å². The minimum absolute atomic E-state index is 0. The summed E-state index contributed by atoms with van der Waals surface area (Å²) in [5.74, 6) is 0.0754. The Kier molecular flexibility index (Phi) is 5.50. The number of hydrogen-bond acceptors (Lipinski definition) is 4. The van der Waals surface area contributed by atoms with E-state index in [0.717, 1.165) is 43.4 Å². The molecule has 1 amide bonds. The molecule has 3 rings (SSSR count). The van der Waals surface area contributed by atoms with Gasteiger partial charge in [-0.1, -0.05) is 6.07 Å². The number of aryl methyl sites for hydroxylation is 1. The molecule has 0 aliphatic heterocycles. The first-order valence-corrected chi connectivity index (χ1v) is 10.2. The van der Waals surface area contributed by atoms with E-state index in [1.54, 1.807) is 0 Å². The molecule has 0 aromatic heterocycles. The third-order valence-electron chi connectivity index (χ3n) is 4.88. The predicted octanol–water partition coefficient (Wildman–Crippen LogP) is 2.40. The standard InChI is InChI=1S/C17H24N2O3S.ClH/c1-23(21,22)11-17(7-8-17)10-16(20)19-15-4-2-3-12-9-13(18)5-6-14(12)15;/h5-6,9,15H,2-4,7-8,10-11,18H2,1H3,(H,19,20);1H. The highest BCUT2D eigenvalue weighted by atomic mass is 35.5. The van der Waals surface area contributed by atoms with Crippen molar-refractivity contribution in [3.63, 3.8) is 0 Å². The highest BCUT2D eigenvalue weighted by Crippen LogP contribution is 2.49. The van der Waals surface area contributed by atoms with Crippen LogP contribution in [0.4, 0.5) is 5.69 Å². The maximum atomic E-state index is 12.4. The van der Waals surface area contributed by atoms with Crippen LogP contribution in [0.1, 0.15) is 49.3 Å². The highest BCUT2D eigenvalue weighted by Gasteiger charge is 2.46. The van der Waals surface area contributed by atoms with Crippen molar-refractivity contribution in [2.45, 2.75) is 44.6 Å². The molecule has 5 nitrogen and oxygen atoms in total. The molecular weight excluding hydrogens is 348 g/mol. The molecule has 0 bridgehead atoms. The lowest BCUT2D eigenvalue weighted by atomic mass is 9.87. The number of nitrogen functional groups attached to an aromatic ring is 1. The maximum absolute atomic E-state index is 12.4. The summed E-state index contributed by atoms with van der Waals surface area (Å²) in [7, 11) is -3.05. The summed E-state index contributed by atoms with van der Waals surface area (Å²) in [6, 6.07) is 5.87. The molecule has 7 heteroatoms. The second-order valence-electron chi connectivity index (χ2n) is 7.22. The smallest absolute Gasteiger partial charge is 0.221 e. The van der Waals surface area contributed by atoms with Crippen LogP contribution in [0.2, 0.25) is 0 Å². The van der Waals surface area contributed by atoms with Gasteiger partial charge < -0.3 is 11.1 Å². The fourth-order valence-corrected chi connectivity index (χ4v) is 5.18. The van der Waals surface area contributed by atoms with Gasteiger partial charge in [0.2, 0.25) is 5.91 Å². The monoisotopic (exact) mass is 372 g/mol. The van der Waals surface area contributed by atoms with Gasteiger partial charge in [-0.25, -0.2) is 8.42 Å². The summed E-state index contributed by atoms with van der Waals surface area (Å²) in [5, 5.41) is 3.10. The number of amides is 1. The Morgan fingerprint density at radius 3 is 2.71 bits per heavy atom. The Hall–Kier alpha value is -1.27. The first-order chi connectivity index (χ1) is 10.8. The molecule has 1 aromatic rings. The van der Waals surface area contributed by atoms with E-state index >= 15 is 0 Å². The van der Waals surface area contributed by atoms with Gasteiger partial charge in [0.25, 0.3) is 0 Å². The van der Waals surface area contributed by atoms with Crippen molar-refractivity contribution in [3.05, 3.63) is 29.3 Å². The number of fused-ring (bicyclic) bond motifs is 1. The van der Waals surface area contributed by atoms with Crippen LogP contribution in [0.5, 0.6) is 0 Å². The van der Waals surface area contributed by atoms with Gasteiger partial charge in [0, 0.05) is 18.4 Å². The number of rotatable bonds is 5. The summed E-state index contributed by atoms with van der Waals surface area (Å²) in [6.45, 7) is 0. The van der Waals surface area contributed by atoms with E-state index in [1.165, 1.54) is 11.8 Å². The molecule has 1 saturated carbocycles. The average Bonchev–Trinajstić information content (AvgIpc) is 3.15. The van der Waals surface area contributed by atoms with Gasteiger partial charge in [0.05, 0.1) is 11.8 Å². The van der Waals surface area contributed by atoms with Crippen LogP contribution in [0, 0.1) is 5.41 Å². The molecule has 0 radical (unpaired) electrons. The first-order valence-electron chi connectivity index (χ1n) is 8.12. The molecular formula is C17H25ClN2O3S. The molecule has 1 atom stereocenters. The van der Waals surface area contributed by atoms with Gasteiger partial charge in [0.1, 0.15) is 9.84 Å². The van der Waals surface area contributed by atoms with Gasteiger partial charge in [-0.15, -0.1) is 12.4 Å². The van der Waals surface area contributed by atoms with Gasteiger partial charge in [-0.05, 0) is 60.8 Å². The first kappa shape index (κ1) is 19.1. The van der Waals surface area contributed by atoms with Crippen LogP contribution in [0.25, 0.3) is 0 Å². The zero-order valence-corrected chi connectivity index (χ0v) is 15.5. The summed E-state index contributed by atoms with van der Waals surface area (Å²) in [5.41, 5.74) is 8.61. The quantitative estimate of drug-likeness (QED) is 0.776. The number of hydrogen-bond donors (Lipinski definition) is 2. The highest BCUT2D eigenvalue weighted by molar-refractivity contribution is 7.90. The number of carbonyl (C=O) groups excluding carboxylic acids is 1. The minimum Gasteiger partial charge on any atom is -0.399 e. The van der Waals surface area contributed by atoms with Crippen LogP contribution in [-0.4, -0.2) is 26.3 Å². The minimum atomic E-state index is -3.05. The molecule has 0 saturated heterocycles. The molecule has 0 spiro atoms. The number of nitrogens with one attached hydrogen (secondary N) is 1. The van der Waals surface area contributed by atoms with Crippen molar-refractivity contribution in [2.75, 3.05) is 17.7 Å². The van der Waals surface area contributed by atoms with E-state index in [4.69, 9.17) is 5.73 Å². The average molecular weight is 373 g/mol. The molecule has 1 unspecified atom stereocenters. The summed E-state index contributed by atoms with van der Waals surface area (Å²) in [6.07, 6.45) is 6.13. The summed E-state index contributed by atoms with van der Waals surface area (Å²) < 4.78 is 23.0. The third kappa shape index (κ3) is 4.63. The molecule has 0 heterocycles. The van der Waals surface area contributed by atoms with Gasteiger partial charge >= 0.3 is 0 Å². The third-order valence-corrected chi connectivity index (χ3v) is 6.01. The Morgan fingerprint density at radius 1 is 1.38 bits per heavy atom. The number of nitrogens with two attached hydrogens (primary N) is 1. The number of benzene rings is 1. The van der Waals surface area contributed by atoms with Crippen molar-refractivity contribution in [1.82, 2.24) is 5.32 Å². The van der Waals surface area contributed by atoms with E-state index in [9.17, 15) is 13.2 Å². The molecule has 2 aliphatic carbocycles. The largest absolute Gasteiger partial charge is 0.399 e. The lowest BCUT2D eigenvalue weighted by Gasteiger charge is -2.27. The zero-order chi connectivity index (χ0) is 16.7. The lowest BCUT2D eigenvalue weighted by molar-refractivity contribution is -0.123. The van der Waals surface area contributed by atoms with E-state index in [2.05, 4.69) is 5.32 Å². The summed E-state index contributed by atoms with van der Waals surface area (Å²) in [4.78, 5) is 12.4. The van der Waals surface area contributed by atoms with Gasteiger partial charge in [-0.3, -0.25) is 4.79 Å². The SMILES string of the molecule is CS(=O)(=O)CC1(CC(=O)NC2CCCc3cc(N)ccc32)CC1.Cl. The number of halogens is 1. The van der Waals surface area contributed by atoms with Crippen molar-refractivity contribution in [3.8, 4) is 0 Å². The topological polar surface area (TPSA) is 89.3 Å². The van der Waals surface area contributed by atoms with Crippen molar-refractivity contribution < 1.29 is 13.2 Å². The number of carbonyl (C=O) groups is 1. The normalized spacial score (nSPS) is 21.3. The van der Waals surface area contributed by atoms with E-state index < -0.39 is 9.84 Å². The molecule has 1 fully saturated rings. The Morgan fingerprint density at radius 2 is 2.08 bits per heavy atom. The van der Waals surface area contributed by atoms with E-state index in [-0.39, 0.29) is 35.5 Å². The van der Waals surface area contributed by atoms with Crippen molar-refractivity contribution >= 4 is 33.8 Å². The maximum Gasteiger partial charge on any atom is 0.221 e. The van der Waals surface area contributed by atoms with Crippen LogP contribution in [0.3, 0.4) is 0 Å². The van der Waals surface area contributed by atoms with Crippen LogP contribution in [0.15, 0.2) is 18.2 Å². The number of sulfone groups is 1. The van der Waals surface area contributed by atoms with Crippen LogP contribution in [-0.2, 0) is 21.1 Å². The Balaban J connectivity index is 0.00000208. The van der Waals surface area contributed by atoms with Crippen LogP contribution >= 0.6 is 12.4 Å². The van der Waals surface area contributed by atoms with E-state index in [0.29, 0.717) is 6.42 Å². The molecule has 134 valence electrons. The molecule has 3 N–H and O–H groups in total. The molecule has 1 aromatic carbocycles. The number of anilines is 1. The fourth-order valence-electron chi connectivity index (χ4n) is 3.68. The zero-order valence-electron chi connectivity index (χ0n) is 13.9. The second kappa shape index (κ2) is 6.92. The lowest BCUT2D eigenvalue weighted by Crippen LogP contribution is -2.33. The van der Waals surface area contributed by atoms with Crippen molar-refractivity contribution in [1.29, 1.82) is 0 Å². The fraction of sp³-hybridized carbons (Fsp3) is 0.588. The van der Waals surface area contributed by atoms with Crippen LogP contribution < -0.4 is 11.1 Å². The predicted molar refractivity (Wildman–Crippen MR) is 97.9 cm³/mol. The van der Waals surface area contributed by atoms with E-state index in [1.807, 2.05) is 18.2 Å². The van der Waals surface area contributed by atoms with Crippen molar-refractivity contribution in [2.24, 2.45) is 5.41 Å². The Bertz CT molecular complexity index is 729. The van der Waals surface area contributed by atoms with Gasteiger partial charge in [0.15, 0.2) is 0 Å².